The Labute approximate surface area is 88.2 Å². The molecule has 0 fully saturated rings. The fourth-order valence-electron chi connectivity index (χ4n) is 1.13. The van der Waals surface area contributed by atoms with Gasteiger partial charge in [-0.15, -0.1) is 0 Å². The topological polar surface area (TPSA) is 30.5 Å². The van der Waals surface area contributed by atoms with Crippen LogP contribution in [0.4, 0.5) is 0 Å². The van der Waals surface area contributed by atoms with Crippen molar-refractivity contribution in [1.82, 2.24) is 5.32 Å². The second-order valence-corrected chi connectivity index (χ2v) is 3.70. The predicted molar refractivity (Wildman–Crippen MR) is 59.7 cm³/mol. The minimum atomic E-state index is 0.314. The smallest absolute Gasteiger partial charge is 0.0703 e. The van der Waals surface area contributed by atoms with Crippen LogP contribution in [0.15, 0.2) is 0 Å². The molecule has 0 rings (SSSR count). The monoisotopic (exact) mass is 203 g/mol. The van der Waals surface area contributed by atoms with E-state index in [1.165, 1.54) is 12.8 Å². The molecule has 0 saturated carbocycles. The molecule has 0 aliphatic heterocycles. The van der Waals surface area contributed by atoms with Gasteiger partial charge in [0.1, 0.15) is 0 Å². The Morgan fingerprint density at radius 2 is 1.79 bits per heavy atom. The average Bonchev–Trinajstić information content (AvgIpc) is 2.15. The van der Waals surface area contributed by atoms with E-state index in [2.05, 4.69) is 5.32 Å². The van der Waals surface area contributed by atoms with Crippen molar-refractivity contribution < 1.29 is 9.47 Å². The van der Waals surface area contributed by atoms with Gasteiger partial charge in [0.15, 0.2) is 0 Å². The van der Waals surface area contributed by atoms with Gasteiger partial charge in [-0.05, 0) is 46.7 Å². The van der Waals surface area contributed by atoms with Crippen molar-refractivity contribution in [2.24, 2.45) is 0 Å². The van der Waals surface area contributed by atoms with Gasteiger partial charge in [0.2, 0.25) is 0 Å². The molecule has 3 heteroatoms. The first-order chi connectivity index (χ1) is 6.77. The van der Waals surface area contributed by atoms with Crippen LogP contribution in [-0.2, 0) is 9.47 Å². The van der Waals surface area contributed by atoms with Crippen molar-refractivity contribution in [2.45, 2.75) is 39.2 Å². The number of rotatable bonds is 10. The molecule has 0 aliphatic carbocycles. The van der Waals surface area contributed by atoms with Gasteiger partial charge in [-0.2, -0.15) is 0 Å². The lowest BCUT2D eigenvalue weighted by molar-refractivity contribution is 0.0187. The molecular weight excluding hydrogens is 178 g/mol. The van der Waals surface area contributed by atoms with E-state index < -0.39 is 0 Å². The number of unbranched alkanes of at least 4 members (excludes halogenated alkanes) is 2. The quantitative estimate of drug-likeness (QED) is 0.549. The van der Waals surface area contributed by atoms with Crippen molar-refractivity contribution >= 4 is 0 Å². The van der Waals surface area contributed by atoms with Gasteiger partial charge in [0, 0.05) is 6.61 Å². The standard InChI is InChI=1S/C11H25NO2/c1-11(2)14-10-9-13-8-6-4-5-7-12-3/h11-12H,4-10H2,1-3H3. The molecule has 0 aromatic heterocycles. The van der Waals surface area contributed by atoms with Crippen LogP contribution in [0.1, 0.15) is 33.1 Å². The molecule has 14 heavy (non-hydrogen) atoms. The van der Waals surface area contributed by atoms with Crippen LogP contribution in [0, 0.1) is 0 Å². The maximum atomic E-state index is 5.42. The van der Waals surface area contributed by atoms with E-state index in [0.717, 1.165) is 26.2 Å². The molecule has 0 aromatic rings. The Kier molecular flexibility index (Phi) is 10.9. The normalized spacial score (nSPS) is 11.1. The summed E-state index contributed by atoms with van der Waals surface area (Å²) in [6.45, 7) is 7.50. The molecule has 0 bridgehead atoms. The zero-order valence-corrected chi connectivity index (χ0v) is 9.84. The molecule has 0 saturated heterocycles. The number of hydrogen-bond acceptors (Lipinski definition) is 3. The van der Waals surface area contributed by atoms with E-state index in [-0.39, 0.29) is 0 Å². The van der Waals surface area contributed by atoms with Crippen molar-refractivity contribution in [3.8, 4) is 0 Å². The van der Waals surface area contributed by atoms with Gasteiger partial charge in [0.25, 0.3) is 0 Å². The maximum Gasteiger partial charge on any atom is 0.0703 e. The zero-order chi connectivity index (χ0) is 10.6. The lowest BCUT2D eigenvalue weighted by atomic mass is 10.2. The molecule has 0 aliphatic rings. The highest BCUT2D eigenvalue weighted by atomic mass is 16.5. The zero-order valence-electron chi connectivity index (χ0n) is 9.84. The molecule has 0 amide bonds. The van der Waals surface area contributed by atoms with E-state index in [4.69, 9.17) is 9.47 Å². The van der Waals surface area contributed by atoms with Crippen molar-refractivity contribution in [2.75, 3.05) is 33.4 Å². The van der Waals surface area contributed by atoms with E-state index in [1.807, 2.05) is 20.9 Å². The van der Waals surface area contributed by atoms with Gasteiger partial charge >= 0.3 is 0 Å². The molecule has 86 valence electrons. The molecule has 1 N–H and O–H groups in total. The summed E-state index contributed by atoms with van der Waals surface area (Å²) < 4.78 is 10.8. The van der Waals surface area contributed by atoms with Crippen LogP contribution in [0.2, 0.25) is 0 Å². The first-order valence-electron chi connectivity index (χ1n) is 5.61. The highest BCUT2D eigenvalue weighted by molar-refractivity contribution is 4.44. The lowest BCUT2D eigenvalue weighted by Gasteiger charge is -2.07. The van der Waals surface area contributed by atoms with Gasteiger partial charge < -0.3 is 14.8 Å². The van der Waals surface area contributed by atoms with Crippen molar-refractivity contribution in [1.29, 1.82) is 0 Å². The largest absolute Gasteiger partial charge is 0.379 e. The van der Waals surface area contributed by atoms with Crippen LogP contribution in [0.5, 0.6) is 0 Å². The fraction of sp³-hybridized carbons (Fsp3) is 1.00. The van der Waals surface area contributed by atoms with E-state index in [0.29, 0.717) is 12.7 Å². The molecular formula is C11H25NO2. The molecule has 0 unspecified atom stereocenters. The SMILES string of the molecule is CNCCCCCOCCOC(C)C. The highest BCUT2D eigenvalue weighted by Crippen LogP contribution is 1.95. The van der Waals surface area contributed by atoms with Gasteiger partial charge in [-0.1, -0.05) is 0 Å². The second kappa shape index (κ2) is 11.0. The van der Waals surface area contributed by atoms with Crippen LogP contribution in [-0.4, -0.2) is 39.5 Å². The molecule has 3 nitrogen and oxygen atoms in total. The average molecular weight is 203 g/mol. The first-order valence-corrected chi connectivity index (χ1v) is 5.61. The van der Waals surface area contributed by atoms with E-state index in [9.17, 15) is 0 Å². The summed E-state index contributed by atoms with van der Waals surface area (Å²) in [5.41, 5.74) is 0. The first kappa shape index (κ1) is 13.9. The Hall–Kier alpha value is -0.120. The molecule has 0 aromatic carbocycles. The summed E-state index contributed by atoms with van der Waals surface area (Å²) in [6.07, 6.45) is 3.95. The molecule has 0 radical (unpaired) electrons. The highest BCUT2D eigenvalue weighted by Gasteiger charge is 1.93. The van der Waals surface area contributed by atoms with Crippen molar-refractivity contribution in [3.05, 3.63) is 0 Å². The number of hydrogen-bond donors (Lipinski definition) is 1. The van der Waals surface area contributed by atoms with Crippen LogP contribution < -0.4 is 5.32 Å². The third-order valence-corrected chi connectivity index (χ3v) is 1.89. The summed E-state index contributed by atoms with van der Waals surface area (Å²) in [5.74, 6) is 0. The van der Waals surface area contributed by atoms with Gasteiger partial charge in [-0.3, -0.25) is 0 Å². The Morgan fingerprint density at radius 1 is 1.00 bits per heavy atom. The summed E-state index contributed by atoms with van der Waals surface area (Å²) >= 11 is 0. The number of nitrogens with one attached hydrogen (secondary N) is 1. The van der Waals surface area contributed by atoms with E-state index >= 15 is 0 Å². The van der Waals surface area contributed by atoms with Crippen LogP contribution in [0.25, 0.3) is 0 Å². The lowest BCUT2D eigenvalue weighted by Crippen LogP contribution is -2.10. The molecule has 0 atom stereocenters. The second-order valence-electron chi connectivity index (χ2n) is 3.70. The third-order valence-electron chi connectivity index (χ3n) is 1.89. The Bertz CT molecular complexity index is 107. The summed E-state index contributed by atoms with van der Waals surface area (Å²) in [6, 6.07) is 0. The Balaban J connectivity index is 2.85. The Morgan fingerprint density at radius 3 is 2.43 bits per heavy atom. The van der Waals surface area contributed by atoms with Gasteiger partial charge in [-0.25, -0.2) is 0 Å². The minimum absolute atomic E-state index is 0.314. The van der Waals surface area contributed by atoms with Crippen molar-refractivity contribution in [3.63, 3.8) is 0 Å². The van der Waals surface area contributed by atoms with Crippen LogP contribution >= 0.6 is 0 Å². The van der Waals surface area contributed by atoms with Crippen LogP contribution in [0.3, 0.4) is 0 Å². The minimum Gasteiger partial charge on any atom is -0.379 e. The third kappa shape index (κ3) is 11.9. The number of ether oxygens (including phenoxy) is 2. The van der Waals surface area contributed by atoms with Gasteiger partial charge in [0.05, 0.1) is 19.3 Å². The summed E-state index contributed by atoms with van der Waals surface area (Å²) in [7, 11) is 1.99. The summed E-state index contributed by atoms with van der Waals surface area (Å²) in [4.78, 5) is 0. The predicted octanol–water partition coefficient (Wildman–Crippen LogP) is 1.82. The molecule has 0 heterocycles. The maximum absolute atomic E-state index is 5.42. The fourth-order valence-corrected chi connectivity index (χ4v) is 1.13. The van der Waals surface area contributed by atoms with E-state index in [1.54, 1.807) is 0 Å². The molecule has 0 spiro atoms. The summed E-state index contributed by atoms with van der Waals surface area (Å²) in [5, 5.41) is 3.13.